The molecule has 3 rings (SSSR count). The van der Waals surface area contributed by atoms with Gasteiger partial charge in [0.1, 0.15) is 0 Å². The summed E-state index contributed by atoms with van der Waals surface area (Å²) in [5.41, 5.74) is 2.18. The fourth-order valence-electron chi connectivity index (χ4n) is 3.85. The van der Waals surface area contributed by atoms with Crippen molar-refractivity contribution in [3.63, 3.8) is 0 Å². The first kappa shape index (κ1) is 22.2. The van der Waals surface area contributed by atoms with Gasteiger partial charge in [-0.15, -0.1) is 0 Å². The Morgan fingerprint density at radius 1 is 1.23 bits per heavy atom. The maximum atomic E-state index is 12.9. The molecule has 1 aliphatic carbocycles. The van der Waals surface area contributed by atoms with Gasteiger partial charge in [-0.05, 0) is 31.0 Å². The van der Waals surface area contributed by atoms with E-state index in [9.17, 15) is 9.59 Å². The number of nitrogens with one attached hydrogen (secondary N) is 1. The van der Waals surface area contributed by atoms with Gasteiger partial charge in [0.05, 0.1) is 23.3 Å². The van der Waals surface area contributed by atoms with Crippen LogP contribution in [0.25, 0.3) is 0 Å². The average molecular weight is 432 g/mol. The van der Waals surface area contributed by atoms with Crippen molar-refractivity contribution >= 4 is 29.1 Å². The molecule has 0 radical (unpaired) electrons. The lowest BCUT2D eigenvalue weighted by Gasteiger charge is -2.31. The average Bonchev–Trinajstić information content (AvgIpc) is 3.16. The minimum Gasteiger partial charge on any atom is -0.376 e. The molecule has 8 heteroatoms. The number of carbonyl (C=O) groups is 2. The Morgan fingerprint density at radius 2 is 1.97 bits per heavy atom. The molecular formula is C22H30ClN5O2. The summed E-state index contributed by atoms with van der Waals surface area (Å²) in [6.45, 7) is 0.637. The summed E-state index contributed by atoms with van der Waals surface area (Å²) in [5, 5.41) is 7.60. The molecule has 1 N–H and O–H groups in total. The van der Waals surface area contributed by atoms with Crippen molar-refractivity contribution in [2.75, 3.05) is 26.0 Å². The van der Waals surface area contributed by atoms with E-state index in [-0.39, 0.29) is 24.4 Å². The van der Waals surface area contributed by atoms with E-state index < -0.39 is 0 Å². The van der Waals surface area contributed by atoms with Crippen LogP contribution in [0.3, 0.4) is 0 Å². The molecule has 1 saturated carbocycles. The second-order valence-electron chi connectivity index (χ2n) is 8.03. The summed E-state index contributed by atoms with van der Waals surface area (Å²) in [7, 11) is 5.46. The van der Waals surface area contributed by atoms with E-state index >= 15 is 0 Å². The molecule has 0 aliphatic heterocycles. The van der Waals surface area contributed by atoms with Gasteiger partial charge in [0.15, 0.2) is 0 Å². The van der Waals surface area contributed by atoms with E-state index in [2.05, 4.69) is 10.4 Å². The summed E-state index contributed by atoms with van der Waals surface area (Å²) < 4.78 is 1.71. The van der Waals surface area contributed by atoms with Crippen LogP contribution >= 0.6 is 11.6 Å². The van der Waals surface area contributed by atoms with E-state index in [1.54, 1.807) is 41.0 Å². The molecule has 0 spiro atoms. The van der Waals surface area contributed by atoms with Gasteiger partial charge in [0.25, 0.3) is 5.91 Å². The Balaban J connectivity index is 1.55. The van der Waals surface area contributed by atoms with Crippen molar-refractivity contribution < 1.29 is 9.59 Å². The van der Waals surface area contributed by atoms with E-state index in [1.807, 2.05) is 25.2 Å². The zero-order valence-corrected chi connectivity index (χ0v) is 18.7. The van der Waals surface area contributed by atoms with Gasteiger partial charge in [0, 0.05) is 51.2 Å². The van der Waals surface area contributed by atoms with Gasteiger partial charge < -0.3 is 15.1 Å². The number of aryl methyl sites for hydroxylation is 1. The fourth-order valence-corrected chi connectivity index (χ4v) is 4.11. The van der Waals surface area contributed by atoms with E-state index in [1.165, 1.54) is 19.3 Å². The molecule has 7 nitrogen and oxygen atoms in total. The monoisotopic (exact) mass is 431 g/mol. The maximum Gasteiger partial charge on any atom is 0.255 e. The number of anilines is 1. The van der Waals surface area contributed by atoms with Crippen LogP contribution in [-0.4, -0.2) is 58.1 Å². The SMILES string of the molecule is CN(Cc1cnn(C)c1)C(=O)CNc1ccc(C(=O)N(C)C2CCCCC2)c(Cl)c1. The lowest BCUT2D eigenvalue weighted by molar-refractivity contribution is -0.128. The summed E-state index contributed by atoms with van der Waals surface area (Å²) in [6, 6.07) is 5.52. The molecule has 0 saturated heterocycles. The van der Waals surface area contributed by atoms with Gasteiger partial charge in [-0.2, -0.15) is 5.10 Å². The van der Waals surface area contributed by atoms with Gasteiger partial charge in [-0.25, -0.2) is 0 Å². The second-order valence-corrected chi connectivity index (χ2v) is 8.44. The summed E-state index contributed by atoms with van der Waals surface area (Å²) in [5.74, 6) is -0.0992. The topological polar surface area (TPSA) is 70.5 Å². The molecule has 1 aromatic heterocycles. The van der Waals surface area contributed by atoms with Crippen LogP contribution in [-0.2, 0) is 18.4 Å². The number of benzene rings is 1. The van der Waals surface area contributed by atoms with Crippen LogP contribution in [0, 0.1) is 0 Å². The molecule has 2 amide bonds. The van der Waals surface area contributed by atoms with E-state index in [4.69, 9.17) is 11.6 Å². The molecular weight excluding hydrogens is 402 g/mol. The minimum atomic E-state index is -0.0502. The number of nitrogens with zero attached hydrogens (tertiary/aromatic N) is 4. The number of halogens is 1. The standard InChI is InChI=1S/C22H30ClN5O2/c1-26(14-16-12-25-27(2)15-16)21(29)13-24-17-9-10-19(20(23)11-17)22(30)28(3)18-7-5-4-6-8-18/h9-12,15,18,24H,4-8,13-14H2,1-3H3. The number of hydrogen-bond donors (Lipinski definition) is 1. The second kappa shape index (κ2) is 9.98. The highest BCUT2D eigenvalue weighted by Gasteiger charge is 2.24. The predicted octanol–water partition coefficient (Wildman–Crippen LogP) is 3.55. The highest BCUT2D eigenvalue weighted by Crippen LogP contribution is 2.26. The highest BCUT2D eigenvalue weighted by molar-refractivity contribution is 6.34. The summed E-state index contributed by atoms with van der Waals surface area (Å²) in [4.78, 5) is 28.7. The third-order valence-corrected chi connectivity index (χ3v) is 6.00. The number of aromatic nitrogens is 2. The van der Waals surface area contributed by atoms with Crippen molar-refractivity contribution in [2.45, 2.75) is 44.7 Å². The Morgan fingerprint density at radius 3 is 2.60 bits per heavy atom. The Kier molecular flexibility index (Phi) is 7.37. The number of carbonyl (C=O) groups excluding carboxylic acids is 2. The number of amides is 2. The number of likely N-dealkylation sites (N-methyl/N-ethyl adjacent to an activating group) is 1. The van der Waals surface area contributed by atoms with Crippen LogP contribution in [0.1, 0.15) is 48.0 Å². The molecule has 1 heterocycles. The zero-order chi connectivity index (χ0) is 21.7. The van der Waals surface area contributed by atoms with Gasteiger partial charge in [-0.3, -0.25) is 14.3 Å². The van der Waals surface area contributed by atoms with Crippen molar-refractivity contribution in [2.24, 2.45) is 7.05 Å². The lowest BCUT2D eigenvalue weighted by Crippen LogP contribution is -2.38. The first-order chi connectivity index (χ1) is 14.3. The van der Waals surface area contributed by atoms with Gasteiger partial charge >= 0.3 is 0 Å². The molecule has 0 atom stereocenters. The van der Waals surface area contributed by atoms with Crippen LogP contribution in [0.4, 0.5) is 5.69 Å². The highest BCUT2D eigenvalue weighted by atomic mass is 35.5. The predicted molar refractivity (Wildman–Crippen MR) is 119 cm³/mol. The Hall–Kier alpha value is -2.54. The molecule has 1 aromatic carbocycles. The van der Waals surface area contributed by atoms with Crippen LogP contribution in [0.15, 0.2) is 30.6 Å². The summed E-state index contributed by atoms with van der Waals surface area (Å²) in [6.07, 6.45) is 9.32. The van der Waals surface area contributed by atoms with Crippen molar-refractivity contribution in [3.05, 3.63) is 46.7 Å². The molecule has 0 bridgehead atoms. The quantitative estimate of drug-likeness (QED) is 0.727. The molecule has 0 unspecified atom stereocenters. The number of rotatable bonds is 7. The third kappa shape index (κ3) is 5.53. The smallest absolute Gasteiger partial charge is 0.255 e. The zero-order valence-electron chi connectivity index (χ0n) is 17.9. The van der Waals surface area contributed by atoms with Crippen molar-refractivity contribution in [1.29, 1.82) is 0 Å². The van der Waals surface area contributed by atoms with E-state index in [0.717, 1.165) is 18.4 Å². The Labute approximate surface area is 183 Å². The first-order valence-electron chi connectivity index (χ1n) is 10.4. The normalized spacial score (nSPS) is 14.4. The molecule has 162 valence electrons. The molecule has 2 aromatic rings. The van der Waals surface area contributed by atoms with Crippen LogP contribution < -0.4 is 5.32 Å². The molecule has 1 fully saturated rings. The van der Waals surface area contributed by atoms with Crippen LogP contribution in [0.5, 0.6) is 0 Å². The van der Waals surface area contributed by atoms with E-state index in [0.29, 0.717) is 22.8 Å². The fraction of sp³-hybridized carbons (Fsp3) is 0.500. The Bertz CT molecular complexity index is 891. The van der Waals surface area contributed by atoms with Crippen LogP contribution in [0.2, 0.25) is 5.02 Å². The largest absolute Gasteiger partial charge is 0.376 e. The summed E-state index contributed by atoms with van der Waals surface area (Å²) >= 11 is 6.40. The third-order valence-electron chi connectivity index (χ3n) is 5.69. The molecule has 30 heavy (non-hydrogen) atoms. The first-order valence-corrected chi connectivity index (χ1v) is 10.7. The minimum absolute atomic E-state index is 0.0489. The number of hydrogen-bond acceptors (Lipinski definition) is 4. The van der Waals surface area contributed by atoms with Gasteiger partial charge in [0.2, 0.25) is 5.91 Å². The molecule has 1 aliphatic rings. The lowest BCUT2D eigenvalue weighted by atomic mass is 9.94. The van der Waals surface area contributed by atoms with Crippen molar-refractivity contribution in [3.8, 4) is 0 Å². The maximum absolute atomic E-state index is 12.9. The van der Waals surface area contributed by atoms with Gasteiger partial charge in [-0.1, -0.05) is 30.9 Å². The van der Waals surface area contributed by atoms with Crippen molar-refractivity contribution in [1.82, 2.24) is 19.6 Å².